The maximum Gasteiger partial charge on any atom is 0.338 e. The van der Waals surface area contributed by atoms with Gasteiger partial charge in [0.05, 0.1) is 18.4 Å². The lowest BCUT2D eigenvalue weighted by molar-refractivity contribution is 0.0599. The number of hydrogen-bond acceptors (Lipinski definition) is 5. The van der Waals surface area contributed by atoms with Gasteiger partial charge in [0.15, 0.2) is 0 Å². The average molecular weight is 376 g/mol. The van der Waals surface area contributed by atoms with Crippen molar-refractivity contribution in [1.29, 1.82) is 0 Å². The number of carbonyl (C=O) groups excluding carboxylic acids is 2. The summed E-state index contributed by atoms with van der Waals surface area (Å²) in [5.41, 5.74) is 3.40. The molecule has 0 N–H and O–H groups in total. The van der Waals surface area contributed by atoms with E-state index in [9.17, 15) is 9.59 Å². The number of aromatic nitrogens is 1. The Kier molecular flexibility index (Phi) is 4.69. The fraction of sp³-hybridized carbons (Fsp3) is 0.227. The van der Waals surface area contributed by atoms with Crippen LogP contribution in [-0.2, 0) is 11.2 Å². The first-order valence-electron chi connectivity index (χ1n) is 9.15. The molecule has 28 heavy (non-hydrogen) atoms. The molecule has 3 aromatic rings. The van der Waals surface area contributed by atoms with Crippen LogP contribution in [0.5, 0.6) is 0 Å². The Labute approximate surface area is 162 Å². The number of ether oxygens (including phenoxy) is 1. The van der Waals surface area contributed by atoms with E-state index in [1.54, 1.807) is 24.0 Å². The van der Waals surface area contributed by atoms with Gasteiger partial charge in [-0.25, -0.2) is 9.78 Å². The Morgan fingerprint density at radius 1 is 1.11 bits per heavy atom. The van der Waals surface area contributed by atoms with Crippen LogP contribution in [0.15, 0.2) is 52.9 Å². The van der Waals surface area contributed by atoms with Crippen molar-refractivity contribution in [3.05, 3.63) is 71.1 Å². The molecule has 0 saturated heterocycles. The summed E-state index contributed by atoms with van der Waals surface area (Å²) in [4.78, 5) is 31.4. The molecule has 0 aliphatic carbocycles. The van der Waals surface area contributed by atoms with Crippen LogP contribution in [0.3, 0.4) is 0 Å². The fourth-order valence-corrected chi connectivity index (χ4v) is 3.56. The van der Waals surface area contributed by atoms with Gasteiger partial charge in [0.1, 0.15) is 0 Å². The van der Waals surface area contributed by atoms with Crippen LogP contribution in [0, 0.1) is 6.92 Å². The molecule has 4 rings (SSSR count). The Hall–Kier alpha value is -3.41. The van der Waals surface area contributed by atoms with Crippen molar-refractivity contribution in [2.24, 2.45) is 0 Å². The van der Waals surface area contributed by atoms with Crippen LogP contribution in [0.1, 0.15) is 38.6 Å². The first-order valence-corrected chi connectivity index (χ1v) is 9.15. The zero-order chi connectivity index (χ0) is 19.7. The summed E-state index contributed by atoms with van der Waals surface area (Å²) >= 11 is 0. The molecular weight excluding hydrogens is 356 g/mol. The number of carbonyl (C=O) groups is 2. The predicted molar refractivity (Wildman–Crippen MR) is 104 cm³/mol. The second-order valence-electron chi connectivity index (χ2n) is 6.65. The summed E-state index contributed by atoms with van der Waals surface area (Å²) in [5, 5.41) is 0. The monoisotopic (exact) mass is 376 g/mol. The molecule has 1 amide bonds. The summed E-state index contributed by atoms with van der Waals surface area (Å²) in [6, 6.07) is 14.8. The molecule has 0 unspecified atom stereocenters. The third-order valence-corrected chi connectivity index (χ3v) is 4.91. The lowest BCUT2D eigenvalue weighted by atomic mass is 9.96. The van der Waals surface area contributed by atoms with Gasteiger partial charge in [-0.05, 0) is 49.6 Å². The molecule has 0 atom stereocenters. The first-order chi connectivity index (χ1) is 13.6. The molecule has 142 valence electrons. The standard InChI is InChI=1S/C22H20N2O4/c1-14-19(28-20(23-14)15-8-4-3-5-9-15)21(25)24-13-7-11-16-17(22(26)27-2)10-6-12-18(16)24/h3-6,8-10,12H,7,11,13H2,1-2H3. The molecule has 0 saturated carbocycles. The summed E-state index contributed by atoms with van der Waals surface area (Å²) in [6.07, 6.45) is 1.47. The van der Waals surface area contributed by atoms with E-state index in [-0.39, 0.29) is 11.7 Å². The molecule has 0 radical (unpaired) electrons. The quantitative estimate of drug-likeness (QED) is 0.645. The number of methoxy groups -OCH3 is 1. The van der Waals surface area contributed by atoms with Crippen molar-refractivity contribution in [3.63, 3.8) is 0 Å². The van der Waals surface area contributed by atoms with E-state index in [4.69, 9.17) is 9.15 Å². The van der Waals surface area contributed by atoms with Gasteiger partial charge in [0.2, 0.25) is 11.7 Å². The van der Waals surface area contributed by atoms with E-state index in [1.165, 1.54) is 7.11 Å². The van der Waals surface area contributed by atoms with Crippen LogP contribution in [0.25, 0.3) is 11.5 Å². The zero-order valence-corrected chi connectivity index (χ0v) is 15.8. The van der Waals surface area contributed by atoms with Crippen LogP contribution < -0.4 is 4.90 Å². The topological polar surface area (TPSA) is 72.6 Å². The maximum atomic E-state index is 13.3. The highest BCUT2D eigenvalue weighted by Gasteiger charge is 2.30. The summed E-state index contributed by atoms with van der Waals surface area (Å²) in [7, 11) is 1.36. The van der Waals surface area contributed by atoms with Crippen molar-refractivity contribution in [3.8, 4) is 11.5 Å². The molecule has 2 aromatic carbocycles. The number of aryl methyl sites for hydroxylation is 1. The van der Waals surface area contributed by atoms with E-state index >= 15 is 0 Å². The van der Waals surface area contributed by atoms with Crippen molar-refractivity contribution in [1.82, 2.24) is 4.98 Å². The third-order valence-electron chi connectivity index (χ3n) is 4.91. The fourth-order valence-electron chi connectivity index (χ4n) is 3.56. The second-order valence-corrected chi connectivity index (χ2v) is 6.65. The van der Waals surface area contributed by atoms with Crippen molar-refractivity contribution >= 4 is 17.6 Å². The number of anilines is 1. The number of oxazole rings is 1. The third kappa shape index (κ3) is 3.07. The average Bonchev–Trinajstić information content (AvgIpc) is 3.14. The van der Waals surface area contributed by atoms with Gasteiger partial charge >= 0.3 is 5.97 Å². The molecule has 6 heteroatoms. The minimum absolute atomic E-state index is 0.218. The summed E-state index contributed by atoms with van der Waals surface area (Å²) in [5.74, 6) is -0.0133. The van der Waals surface area contributed by atoms with E-state index in [2.05, 4.69) is 4.98 Å². The van der Waals surface area contributed by atoms with Gasteiger partial charge in [-0.1, -0.05) is 24.3 Å². The van der Waals surface area contributed by atoms with Crippen molar-refractivity contribution in [2.45, 2.75) is 19.8 Å². The molecule has 1 aliphatic heterocycles. The number of rotatable bonds is 3. The molecule has 0 fully saturated rings. The maximum absolute atomic E-state index is 13.3. The molecule has 2 heterocycles. The van der Waals surface area contributed by atoms with E-state index in [1.807, 2.05) is 36.4 Å². The lowest BCUT2D eigenvalue weighted by Gasteiger charge is -2.29. The van der Waals surface area contributed by atoms with E-state index in [0.717, 1.165) is 29.7 Å². The van der Waals surface area contributed by atoms with Gasteiger partial charge in [-0.3, -0.25) is 4.79 Å². The smallest absolute Gasteiger partial charge is 0.338 e. The SMILES string of the molecule is COC(=O)c1cccc2c1CCCN2C(=O)c1oc(-c2ccccc2)nc1C. The van der Waals surface area contributed by atoms with Crippen LogP contribution in [-0.4, -0.2) is 30.5 Å². The lowest BCUT2D eigenvalue weighted by Crippen LogP contribution is -2.36. The highest BCUT2D eigenvalue weighted by molar-refractivity contribution is 6.07. The number of fused-ring (bicyclic) bond motifs is 1. The molecule has 0 bridgehead atoms. The summed E-state index contributed by atoms with van der Waals surface area (Å²) in [6.45, 7) is 2.32. The van der Waals surface area contributed by atoms with Crippen molar-refractivity contribution in [2.75, 3.05) is 18.6 Å². The largest absolute Gasteiger partial charge is 0.465 e. The highest BCUT2D eigenvalue weighted by Crippen LogP contribution is 2.32. The van der Waals surface area contributed by atoms with Gasteiger partial charge in [-0.15, -0.1) is 0 Å². The molecule has 1 aliphatic rings. The van der Waals surface area contributed by atoms with Crippen molar-refractivity contribution < 1.29 is 18.7 Å². The first kappa shape index (κ1) is 18.0. The number of hydrogen-bond donors (Lipinski definition) is 0. The molecular formula is C22H20N2O4. The molecule has 0 spiro atoms. The number of benzene rings is 2. The van der Waals surface area contributed by atoms with E-state index < -0.39 is 5.97 Å². The van der Waals surface area contributed by atoms with Crippen LogP contribution >= 0.6 is 0 Å². The Morgan fingerprint density at radius 3 is 2.64 bits per heavy atom. The zero-order valence-electron chi connectivity index (χ0n) is 15.8. The van der Waals surface area contributed by atoms with Gasteiger partial charge in [0, 0.05) is 17.8 Å². The predicted octanol–water partition coefficient (Wildman–Crippen LogP) is 4.03. The molecule has 1 aromatic heterocycles. The number of amides is 1. The Balaban J connectivity index is 1.71. The number of nitrogens with zero attached hydrogens (tertiary/aromatic N) is 2. The van der Waals surface area contributed by atoms with Crippen LogP contribution in [0.2, 0.25) is 0 Å². The van der Waals surface area contributed by atoms with Gasteiger partial charge < -0.3 is 14.1 Å². The Morgan fingerprint density at radius 2 is 1.89 bits per heavy atom. The van der Waals surface area contributed by atoms with Crippen LogP contribution in [0.4, 0.5) is 5.69 Å². The summed E-state index contributed by atoms with van der Waals surface area (Å²) < 4.78 is 10.7. The highest BCUT2D eigenvalue weighted by atomic mass is 16.5. The second kappa shape index (κ2) is 7.31. The number of esters is 1. The van der Waals surface area contributed by atoms with Gasteiger partial charge in [-0.2, -0.15) is 0 Å². The normalized spacial score (nSPS) is 13.1. The Bertz CT molecular complexity index is 1040. The van der Waals surface area contributed by atoms with Gasteiger partial charge in [0.25, 0.3) is 5.91 Å². The van der Waals surface area contributed by atoms with E-state index in [0.29, 0.717) is 23.7 Å². The molecule has 6 nitrogen and oxygen atoms in total. The minimum Gasteiger partial charge on any atom is -0.465 e. The minimum atomic E-state index is -0.395.